The second kappa shape index (κ2) is 4.76. The van der Waals surface area contributed by atoms with E-state index in [2.05, 4.69) is 23.7 Å². The first-order valence-corrected chi connectivity index (χ1v) is 7.14. The molecule has 1 aromatic heterocycles. The number of hydrogen-bond acceptors (Lipinski definition) is 3. The molecule has 1 amide bonds. The van der Waals surface area contributed by atoms with Crippen LogP contribution in [0.25, 0.3) is 0 Å². The van der Waals surface area contributed by atoms with Crippen LogP contribution in [-0.2, 0) is 10.3 Å². The average molecular weight is 264 g/mol. The van der Waals surface area contributed by atoms with Crippen LogP contribution in [-0.4, -0.2) is 17.9 Å². The van der Waals surface area contributed by atoms with E-state index in [1.165, 1.54) is 4.88 Å². The third kappa shape index (κ3) is 2.05. The first kappa shape index (κ1) is 13.1. The van der Waals surface area contributed by atoms with E-state index < -0.39 is 0 Å². The van der Waals surface area contributed by atoms with Gasteiger partial charge in [0.2, 0.25) is 5.91 Å². The molecular weight excluding hydrogens is 244 g/mol. The number of carbonyl (C=O) groups excluding carboxylic acids is 1. The van der Waals surface area contributed by atoms with Crippen LogP contribution in [0.4, 0.5) is 0 Å². The Bertz CT molecular complexity index is 474. The highest BCUT2D eigenvalue weighted by molar-refractivity contribution is 7.10. The highest BCUT2D eigenvalue weighted by atomic mass is 32.1. The van der Waals surface area contributed by atoms with Gasteiger partial charge < -0.3 is 10.2 Å². The summed E-state index contributed by atoms with van der Waals surface area (Å²) in [4.78, 5) is 15.2. The van der Waals surface area contributed by atoms with Crippen molar-refractivity contribution in [2.75, 3.05) is 7.05 Å². The van der Waals surface area contributed by atoms with Gasteiger partial charge in [-0.25, -0.2) is 0 Å². The van der Waals surface area contributed by atoms with Crippen molar-refractivity contribution in [3.05, 3.63) is 33.8 Å². The van der Waals surface area contributed by atoms with Gasteiger partial charge in [-0.3, -0.25) is 4.79 Å². The van der Waals surface area contributed by atoms with Gasteiger partial charge in [0.05, 0.1) is 12.0 Å². The minimum atomic E-state index is -0.232. The van der Waals surface area contributed by atoms with Crippen LogP contribution in [0.15, 0.2) is 28.9 Å². The van der Waals surface area contributed by atoms with E-state index in [1.807, 2.05) is 27.0 Å². The minimum absolute atomic E-state index is 0.181. The van der Waals surface area contributed by atoms with Crippen LogP contribution in [0.5, 0.6) is 0 Å². The normalized spacial score (nSPS) is 24.1. The average Bonchev–Trinajstić information content (AvgIpc) is 2.86. The van der Waals surface area contributed by atoms with E-state index in [-0.39, 0.29) is 11.4 Å². The summed E-state index contributed by atoms with van der Waals surface area (Å²) in [5.74, 6) is 1.13. The Hall–Kier alpha value is -1.29. The summed E-state index contributed by atoms with van der Waals surface area (Å²) < 4.78 is 0. The maximum atomic E-state index is 12.2. The predicted molar refractivity (Wildman–Crippen MR) is 75.2 cm³/mol. The molecule has 98 valence electrons. The molecule has 0 bridgehead atoms. The fourth-order valence-electron chi connectivity index (χ4n) is 2.40. The van der Waals surface area contributed by atoms with Crippen LogP contribution in [0, 0.1) is 0 Å². The molecule has 1 unspecified atom stereocenters. The van der Waals surface area contributed by atoms with Gasteiger partial charge >= 0.3 is 0 Å². The van der Waals surface area contributed by atoms with E-state index in [0.29, 0.717) is 6.42 Å². The number of rotatable bonds is 2. The van der Waals surface area contributed by atoms with Gasteiger partial charge in [0.25, 0.3) is 0 Å². The number of hydrogen-bond donors (Lipinski definition) is 1. The van der Waals surface area contributed by atoms with Gasteiger partial charge in [0.1, 0.15) is 5.82 Å². The number of nitrogens with zero attached hydrogens (tertiary/aromatic N) is 1. The predicted octanol–water partition coefficient (Wildman–Crippen LogP) is 3.06. The van der Waals surface area contributed by atoms with Crippen LogP contribution in [0.1, 0.15) is 38.5 Å². The maximum absolute atomic E-state index is 12.2. The summed E-state index contributed by atoms with van der Waals surface area (Å²) in [5.41, 5.74) is 0.907. The molecule has 1 aromatic rings. The van der Waals surface area contributed by atoms with Crippen LogP contribution >= 0.6 is 11.3 Å². The molecule has 1 aliphatic heterocycles. The smallest absolute Gasteiger partial charge is 0.230 e. The summed E-state index contributed by atoms with van der Waals surface area (Å²) in [6.45, 7) is 6.20. The lowest BCUT2D eigenvalue weighted by Gasteiger charge is -2.43. The lowest BCUT2D eigenvalue weighted by atomic mass is 9.87. The molecule has 0 radical (unpaired) electrons. The van der Waals surface area contributed by atoms with Crippen molar-refractivity contribution in [3.63, 3.8) is 0 Å². The first-order chi connectivity index (χ1) is 8.50. The quantitative estimate of drug-likeness (QED) is 0.890. The Kier molecular flexibility index (Phi) is 3.48. The second-order valence-electron chi connectivity index (χ2n) is 5.02. The molecule has 2 rings (SSSR count). The molecule has 1 N–H and O–H groups in total. The lowest BCUT2D eigenvalue weighted by molar-refractivity contribution is -0.132. The summed E-state index contributed by atoms with van der Waals surface area (Å²) in [7, 11) is 1.84. The number of carbonyl (C=O) groups is 1. The molecule has 0 aromatic carbocycles. The molecular formula is C14H20N2OS. The second-order valence-corrected chi connectivity index (χ2v) is 5.96. The van der Waals surface area contributed by atoms with Crippen LogP contribution in [0.3, 0.4) is 0 Å². The van der Waals surface area contributed by atoms with Crippen molar-refractivity contribution in [1.82, 2.24) is 10.2 Å². The van der Waals surface area contributed by atoms with Crippen molar-refractivity contribution in [1.29, 1.82) is 0 Å². The molecule has 1 fully saturated rings. The Balaban J connectivity index is 2.45. The van der Waals surface area contributed by atoms with Gasteiger partial charge in [-0.2, -0.15) is 0 Å². The number of thiophene rings is 1. The van der Waals surface area contributed by atoms with E-state index in [9.17, 15) is 4.79 Å². The fourth-order valence-corrected chi connectivity index (χ4v) is 3.36. The molecule has 1 aliphatic rings. The molecule has 0 spiro atoms. The molecule has 0 saturated carbocycles. The third-order valence-corrected chi connectivity index (χ3v) is 4.66. The van der Waals surface area contributed by atoms with E-state index in [1.54, 1.807) is 16.2 Å². The number of nitrogens with one attached hydrogen (secondary N) is 1. The highest BCUT2D eigenvalue weighted by Crippen LogP contribution is 2.37. The Morgan fingerprint density at radius 1 is 1.56 bits per heavy atom. The molecule has 18 heavy (non-hydrogen) atoms. The molecule has 4 heteroatoms. The molecule has 3 nitrogen and oxygen atoms in total. The van der Waals surface area contributed by atoms with Crippen LogP contribution < -0.4 is 5.32 Å². The fraction of sp³-hybridized carbons (Fsp3) is 0.500. The monoisotopic (exact) mass is 264 g/mol. The zero-order chi connectivity index (χ0) is 13.3. The van der Waals surface area contributed by atoms with E-state index in [0.717, 1.165) is 17.8 Å². The number of allylic oxidation sites excluding steroid dienone is 1. The zero-order valence-corrected chi connectivity index (χ0v) is 12.2. The van der Waals surface area contributed by atoms with Gasteiger partial charge in [-0.15, -0.1) is 11.3 Å². The van der Waals surface area contributed by atoms with Gasteiger partial charge in [-0.05, 0) is 37.3 Å². The summed E-state index contributed by atoms with van der Waals surface area (Å²) in [6, 6.07) is 4.16. The van der Waals surface area contributed by atoms with Crippen molar-refractivity contribution in [2.24, 2.45) is 0 Å². The Labute approximate surface area is 112 Å². The Morgan fingerprint density at radius 3 is 2.78 bits per heavy atom. The van der Waals surface area contributed by atoms with E-state index >= 15 is 0 Å². The van der Waals surface area contributed by atoms with Crippen molar-refractivity contribution in [2.45, 2.75) is 39.2 Å². The highest BCUT2D eigenvalue weighted by Gasteiger charge is 2.40. The van der Waals surface area contributed by atoms with Gasteiger partial charge in [-0.1, -0.05) is 13.0 Å². The topological polar surface area (TPSA) is 32.3 Å². The third-order valence-electron chi connectivity index (χ3n) is 3.59. The number of amides is 1. The lowest BCUT2D eigenvalue weighted by Crippen LogP contribution is -2.54. The molecule has 2 heterocycles. The van der Waals surface area contributed by atoms with Gasteiger partial charge in [0.15, 0.2) is 0 Å². The van der Waals surface area contributed by atoms with Crippen molar-refractivity contribution < 1.29 is 4.79 Å². The minimum Gasteiger partial charge on any atom is -0.361 e. The summed E-state index contributed by atoms with van der Waals surface area (Å²) in [6.07, 6.45) is 1.43. The Morgan fingerprint density at radius 2 is 2.28 bits per heavy atom. The molecule has 1 saturated heterocycles. The first-order valence-electron chi connectivity index (χ1n) is 6.26. The largest absolute Gasteiger partial charge is 0.361 e. The SMILES string of the molecule is CCC1(c2cccs2)CC(=O)N(C)C(=C(C)C)N1. The van der Waals surface area contributed by atoms with E-state index in [4.69, 9.17) is 0 Å². The molecule has 1 atom stereocenters. The molecule has 0 aliphatic carbocycles. The maximum Gasteiger partial charge on any atom is 0.230 e. The van der Waals surface area contributed by atoms with Crippen molar-refractivity contribution in [3.8, 4) is 0 Å². The zero-order valence-electron chi connectivity index (χ0n) is 11.4. The van der Waals surface area contributed by atoms with Crippen molar-refractivity contribution >= 4 is 17.2 Å². The standard InChI is InChI=1S/C14H20N2OS/c1-5-14(11-7-6-8-18-11)9-12(17)16(4)13(15-14)10(2)3/h6-8,15H,5,9H2,1-4H3. The van der Waals surface area contributed by atoms with Crippen LogP contribution in [0.2, 0.25) is 0 Å². The van der Waals surface area contributed by atoms with Gasteiger partial charge in [0, 0.05) is 11.9 Å². The summed E-state index contributed by atoms with van der Waals surface area (Å²) >= 11 is 1.71. The summed E-state index contributed by atoms with van der Waals surface area (Å²) in [5, 5.41) is 5.66.